The number of hydrogen-bond donors (Lipinski definition) is 1. The van der Waals surface area contributed by atoms with Crippen molar-refractivity contribution in [1.82, 2.24) is 0 Å². The van der Waals surface area contributed by atoms with E-state index in [1.165, 1.54) is 7.11 Å². The van der Waals surface area contributed by atoms with Gasteiger partial charge in [-0.2, -0.15) is 0 Å². The summed E-state index contributed by atoms with van der Waals surface area (Å²) in [7, 11) is 1.51. The van der Waals surface area contributed by atoms with E-state index in [1.807, 2.05) is 30.3 Å². The molecule has 3 rings (SSSR count). The molecule has 2 aliphatic heterocycles. The first-order chi connectivity index (χ1) is 9.29. The van der Waals surface area contributed by atoms with Crippen molar-refractivity contribution >= 4 is 0 Å². The van der Waals surface area contributed by atoms with Crippen molar-refractivity contribution in [3.8, 4) is 0 Å². The average molecular weight is 266 g/mol. The largest absolute Gasteiger partial charge is 0.385 e. The van der Waals surface area contributed by atoms with Crippen LogP contribution in [0.25, 0.3) is 0 Å². The average Bonchev–Trinajstić information content (AvgIpc) is 2.98. The molecule has 0 aromatic heterocycles. The number of hydrogen-bond acceptors (Lipinski definition) is 5. The van der Waals surface area contributed by atoms with Crippen LogP contribution < -0.4 is 0 Å². The minimum Gasteiger partial charge on any atom is -0.385 e. The zero-order chi connectivity index (χ0) is 13.2. The van der Waals surface area contributed by atoms with Crippen LogP contribution in [0.15, 0.2) is 30.3 Å². The molecule has 1 aromatic rings. The lowest BCUT2D eigenvalue weighted by Crippen LogP contribution is -2.33. The Kier molecular flexibility index (Phi) is 3.81. The van der Waals surface area contributed by atoms with E-state index < -0.39 is 12.4 Å². The monoisotopic (exact) mass is 266 g/mol. The molecular weight excluding hydrogens is 248 g/mol. The van der Waals surface area contributed by atoms with Gasteiger partial charge in [0.1, 0.15) is 24.4 Å². The fourth-order valence-electron chi connectivity index (χ4n) is 2.57. The predicted octanol–water partition coefficient (Wildman–Crippen LogP) is 0.703. The summed E-state index contributed by atoms with van der Waals surface area (Å²) >= 11 is 0. The van der Waals surface area contributed by atoms with Gasteiger partial charge in [0, 0.05) is 7.11 Å². The van der Waals surface area contributed by atoms with E-state index in [0.29, 0.717) is 13.2 Å². The van der Waals surface area contributed by atoms with Gasteiger partial charge < -0.3 is 24.1 Å². The smallest absolute Gasteiger partial charge is 0.186 e. The highest BCUT2D eigenvalue weighted by atomic mass is 16.7. The molecule has 0 aliphatic carbocycles. The topological polar surface area (TPSA) is 57.2 Å². The third-order valence-corrected chi connectivity index (χ3v) is 3.59. The van der Waals surface area contributed by atoms with E-state index in [-0.39, 0.29) is 18.3 Å². The van der Waals surface area contributed by atoms with Gasteiger partial charge in [-0.05, 0) is 5.56 Å². The molecule has 2 saturated heterocycles. The third kappa shape index (κ3) is 2.52. The van der Waals surface area contributed by atoms with Crippen molar-refractivity contribution in [2.24, 2.45) is 0 Å². The van der Waals surface area contributed by atoms with Crippen molar-refractivity contribution in [3.05, 3.63) is 35.9 Å². The van der Waals surface area contributed by atoms with Gasteiger partial charge in [-0.15, -0.1) is 0 Å². The second-order valence-corrected chi connectivity index (χ2v) is 4.83. The second kappa shape index (κ2) is 5.56. The Labute approximate surface area is 112 Å². The molecule has 0 bridgehead atoms. The van der Waals surface area contributed by atoms with Crippen LogP contribution in [-0.4, -0.2) is 49.5 Å². The standard InChI is InChI=1S/C14H18O5/c1-16-14-11(15)13-12(19-14)10(8-18-13)17-7-9-5-3-2-4-6-9/h2-6,10-15H,7-8H2,1H3/t10-,11-,12-,13-,14-/m1/s1. The lowest BCUT2D eigenvalue weighted by Gasteiger charge is -2.18. The van der Waals surface area contributed by atoms with Gasteiger partial charge in [0.2, 0.25) is 0 Å². The maximum atomic E-state index is 9.93. The Hall–Kier alpha value is -0.980. The van der Waals surface area contributed by atoms with Crippen molar-refractivity contribution in [3.63, 3.8) is 0 Å². The number of aliphatic hydroxyl groups excluding tert-OH is 1. The molecule has 2 fully saturated rings. The zero-order valence-electron chi connectivity index (χ0n) is 10.8. The summed E-state index contributed by atoms with van der Waals surface area (Å²) in [5.74, 6) is 0. The highest BCUT2D eigenvalue weighted by Crippen LogP contribution is 2.33. The zero-order valence-corrected chi connectivity index (χ0v) is 10.8. The van der Waals surface area contributed by atoms with Crippen LogP contribution in [0.5, 0.6) is 0 Å². The van der Waals surface area contributed by atoms with E-state index >= 15 is 0 Å². The lowest BCUT2D eigenvalue weighted by atomic mass is 10.1. The van der Waals surface area contributed by atoms with Gasteiger partial charge in [-0.25, -0.2) is 0 Å². The fourth-order valence-corrected chi connectivity index (χ4v) is 2.57. The predicted molar refractivity (Wildman–Crippen MR) is 66.4 cm³/mol. The summed E-state index contributed by atoms with van der Waals surface area (Å²) in [6.45, 7) is 0.949. The number of fused-ring (bicyclic) bond motifs is 1. The van der Waals surface area contributed by atoms with Crippen LogP contribution in [-0.2, 0) is 25.6 Å². The van der Waals surface area contributed by atoms with Crippen molar-refractivity contribution < 1.29 is 24.1 Å². The number of rotatable bonds is 4. The lowest BCUT2D eigenvalue weighted by molar-refractivity contribution is -0.173. The molecule has 0 unspecified atom stereocenters. The molecule has 5 atom stereocenters. The normalized spacial score (nSPS) is 37.5. The molecule has 5 heteroatoms. The molecule has 1 aromatic carbocycles. The van der Waals surface area contributed by atoms with E-state index in [1.54, 1.807) is 0 Å². The van der Waals surface area contributed by atoms with Crippen LogP contribution in [0.4, 0.5) is 0 Å². The van der Waals surface area contributed by atoms with Gasteiger partial charge in [0.05, 0.1) is 13.2 Å². The fraction of sp³-hybridized carbons (Fsp3) is 0.571. The first-order valence-electron chi connectivity index (χ1n) is 6.43. The Balaban J connectivity index is 1.58. The first kappa shape index (κ1) is 13.0. The van der Waals surface area contributed by atoms with Crippen LogP contribution in [0, 0.1) is 0 Å². The van der Waals surface area contributed by atoms with E-state index in [0.717, 1.165) is 5.56 Å². The molecule has 0 amide bonds. The Morgan fingerprint density at radius 2 is 2.05 bits per heavy atom. The second-order valence-electron chi connectivity index (χ2n) is 4.83. The number of aliphatic hydroxyl groups is 1. The summed E-state index contributed by atoms with van der Waals surface area (Å²) in [6.07, 6.45) is -2.16. The Morgan fingerprint density at radius 3 is 2.79 bits per heavy atom. The minimum absolute atomic E-state index is 0.167. The third-order valence-electron chi connectivity index (χ3n) is 3.59. The molecule has 0 saturated carbocycles. The van der Waals surface area contributed by atoms with Crippen molar-refractivity contribution in [2.75, 3.05) is 13.7 Å². The quantitative estimate of drug-likeness (QED) is 0.869. The van der Waals surface area contributed by atoms with Crippen molar-refractivity contribution in [2.45, 2.75) is 37.3 Å². The minimum atomic E-state index is -0.750. The molecule has 0 radical (unpaired) electrons. The molecule has 2 heterocycles. The molecule has 0 spiro atoms. The van der Waals surface area contributed by atoms with Gasteiger partial charge >= 0.3 is 0 Å². The molecule has 19 heavy (non-hydrogen) atoms. The van der Waals surface area contributed by atoms with Crippen LogP contribution in [0.1, 0.15) is 5.56 Å². The highest BCUT2D eigenvalue weighted by molar-refractivity contribution is 5.13. The van der Waals surface area contributed by atoms with E-state index in [4.69, 9.17) is 18.9 Å². The maximum Gasteiger partial charge on any atom is 0.186 e. The van der Waals surface area contributed by atoms with Gasteiger partial charge in [0.15, 0.2) is 6.29 Å². The Bertz CT molecular complexity index is 410. The van der Waals surface area contributed by atoms with E-state index in [9.17, 15) is 5.11 Å². The Morgan fingerprint density at radius 1 is 1.26 bits per heavy atom. The van der Waals surface area contributed by atoms with Crippen LogP contribution in [0.2, 0.25) is 0 Å². The van der Waals surface area contributed by atoms with Gasteiger partial charge in [-0.1, -0.05) is 30.3 Å². The molecule has 2 aliphatic rings. The molecular formula is C14H18O5. The maximum absolute atomic E-state index is 9.93. The first-order valence-corrected chi connectivity index (χ1v) is 6.43. The number of ether oxygens (including phenoxy) is 4. The summed E-state index contributed by atoms with van der Waals surface area (Å²) in [5.41, 5.74) is 1.10. The van der Waals surface area contributed by atoms with Crippen LogP contribution >= 0.6 is 0 Å². The van der Waals surface area contributed by atoms with Gasteiger partial charge in [-0.3, -0.25) is 0 Å². The van der Waals surface area contributed by atoms with Crippen LogP contribution in [0.3, 0.4) is 0 Å². The van der Waals surface area contributed by atoms with E-state index in [2.05, 4.69) is 0 Å². The van der Waals surface area contributed by atoms with Crippen molar-refractivity contribution in [1.29, 1.82) is 0 Å². The summed E-state index contributed by atoms with van der Waals surface area (Å²) < 4.78 is 22.1. The number of benzene rings is 1. The van der Waals surface area contributed by atoms with Gasteiger partial charge in [0.25, 0.3) is 0 Å². The SMILES string of the molecule is CO[C@@H]1O[C@H]2[C@H](OC[C@H]2OCc2ccccc2)[C@H]1O. The molecule has 1 N–H and O–H groups in total. The number of methoxy groups -OCH3 is 1. The molecule has 5 nitrogen and oxygen atoms in total. The summed E-state index contributed by atoms with van der Waals surface area (Å²) in [4.78, 5) is 0. The summed E-state index contributed by atoms with van der Waals surface area (Å²) in [6, 6.07) is 9.94. The highest BCUT2D eigenvalue weighted by Gasteiger charge is 2.52. The summed E-state index contributed by atoms with van der Waals surface area (Å²) in [5, 5.41) is 9.93. The molecule has 104 valence electrons.